The lowest BCUT2D eigenvalue weighted by Crippen LogP contribution is -2.32. The average Bonchev–Trinajstić information content (AvgIpc) is 2.42. The van der Waals surface area contributed by atoms with Gasteiger partial charge in [-0.25, -0.2) is 4.79 Å². The normalized spacial score (nSPS) is 10.4. The molecule has 0 bridgehead atoms. The van der Waals surface area contributed by atoms with Crippen molar-refractivity contribution in [2.75, 3.05) is 0 Å². The van der Waals surface area contributed by atoms with Gasteiger partial charge >= 0.3 is 5.69 Å². The Hall–Kier alpha value is -2.34. The van der Waals surface area contributed by atoms with Crippen molar-refractivity contribution < 1.29 is 4.79 Å². The Morgan fingerprint density at radius 1 is 1.24 bits per heavy atom. The largest absolute Gasteiger partial charge is 0.352 e. The van der Waals surface area contributed by atoms with Crippen LogP contribution in [0, 0.1) is 6.92 Å². The van der Waals surface area contributed by atoms with Gasteiger partial charge in [0.15, 0.2) is 0 Å². The second-order valence-corrected chi connectivity index (χ2v) is 4.96. The number of H-pyrrole nitrogens is 2. The SMILES string of the molecule is Cc1[nH]c(=O)[nH]c(=O)c1CC(=O)NCc1ccccc1Cl. The summed E-state index contributed by atoms with van der Waals surface area (Å²) in [6.45, 7) is 1.85. The number of amides is 1. The Balaban J connectivity index is 2.05. The molecule has 0 saturated heterocycles. The van der Waals surface area contributed by atoms with Gasteiger partial charge in [-0.2, -0.15) is 0 Å². The highest BCUT2D eigenvalue weighted by Gasteiger charge is 2.11. The minimum absolute atomic E-state index is 0.109. The van der Waals surface area contributed by atoms with Gasteiger partial charge in [0.05, 0.1) is 6.42 Å². The van der Waals surface area contributed by atoms with Crippen molar-refractivity contribution >= 4 is 17.5 Å². The minimum Gasteiger partial charge on any atom is -0.352 e. The average molecular weight is 308 g/mol. The minimum atomic E-state index is -0.585. The zero-order chi connectivity index (χ0) is 15.4. The smallest absolute Gasteiger partial charge is 0.325 e. The van der Waals surface area contributed by atoms with Gasteiger partial charge in [0, 0.05) is 22.8 Å². The molecule has 0 unspecified atom stereocenters. The second-order valence-electron chi connectivity index (χ2n) is 4.56. The molecule has 1 amide bonds. The maximum Gasteiger partial charge on any atom is 0.325 e. The molecule has 6 nitrogen and oxygen atoms in total. The van der Waals surface area contributed by atoms with Gasteiger partial charge in [0.1, 0.15) is 0 Å². The number of halogens is 1. The van der Waals surface area contributed by atoms with Gasteiger partial charge < -0.3 is 10.3 Å². The monoisotopic (exact) mass is 307 g/mol. The van der Waals surface area contributed by atoms with Gasteiger partial charge in [-0.3, -0.25) is 14.6 Å². The molecular weight excluding hydrogens is 294 g/mol. The molecule has 0 radical (unpaired) electrons. The van der Waals surface area contributed by atoms with Gasteiger partial charge in [0.2, 0.25) is 5.91 Å². The predicted octanol–water partition coefficient (Wildman–Crippen LogP) is 0.884. The quantitative estimate of drug-likeness (QED) is 0.782. The Labute approximate surface area is 125 Å². The Morgan fingerprint density at radius 3 is 2.62 bits per heavy atom. The van der Waals surface area contributed by atoms with Crippen molar-refractivity contribution in [1.82, 2.24) is 15.3 Å². The molecule has 1 aromatic heterocycles. The number of nitrogens with one attached hydrogen (secondary N) is 3. The molecule has 21 heavy (non-hydrogen) atoms. The molecule has 0 spiro atoms. The molecule has 0 fully saturated rings. The molecular formula is C14H14ClN3O3. The van der Waals surface area contributed by atoms with E-state index in [1.807, 2.05) is 6.07 Å². The third-order valence-corrected chi connectivity index (χ3v) is 3.39. The third-order valence-electron chi connectivity index (χ3n) is 3.03. The lowest BCUT2D eigenvalue weighted by atomic mass is 10.1. The molecule has 110 valence electrons. The van der Waals surface area contributed by atoms with E-state index in [0.717, 1.165) is 5.56 Å². The standard InChI is InChI=1S/C14H14ClN3O3/c1-8-10(13(20)18-14(21)17-8)6-12(19)16-7-9-4-2-3-5-11(9)15/h2-5H,6-7H2,1H3,(H,16,19)(H2,17,18,20,21). The fraction of sp³-hybridized carbons (Fsp3) is 0.214. The first kappa shape index (κ1) is 15.1. The summed E-state index contributed by atoms with van der Waals surface area (Å²) in [7, 11) is 0. The maximum atomic E-state index is 11.9. The highest BCUT2D eigenvalue weighted by molar-refractivity contribution is 6.31. The molecule has 0 aliphatic carbocycles. The summed E-state index contributed by atoms with van der Waals surface area (Å²) in [6, 6.07) is 7.17. The maximum absolute atomic E-state index is 11.9. The van der Waals surface area contributed by atoms with Crippen LogP contribution in [0.5, 0.6) is 0 Å². The Morgan fingerprint density at radius 2 is 1.95 bits per heavy atom. The molecule has 2 rings (SSSR count). The number of aromatic nitrogens is 2. The van der Waals surface area contributed by atoms with Crippen molar-refractivity contribution in [2.24, 2.45) is 0 Å². The van der Waals surface area contributed by atoms with E-state index < -0.39 is 11.2 Å². The highest BCUT2D eigenvalue weighted by atomic mass is 35.5. The van der Waals surface area contributed by atoms with E-state index in [0.29, 0.717) is 10.7 Å². The summed E-state index contributed by atoms with van der Waals surface area (Å²) in [5.41, 5.74) is 0.282. The molecule has 7 heteroatoms. The summed E-state index contributed by atoms with van der Waals surface area (Å²) >= 11 is 5.99. The first-order chi connectivity index (χ1) is 9.97. The van der Waals surface area contributed by atoms with Gasteiger partial charge in [-0.1, -0.05) is 29.8 Å². The van der Waals surface area contributed by atoms with Crippen molar-refractivity contribution in [2.45, 2.75) is 19.9 Å². The topological polar surface area (TPSA) is 94.8 Å². The summed E-state index contributed by atoms with van der Waals surface area (Å²) in [5.74, 6) is -0.324. The Kier molecular flexibility index (Phi) is 4.59. The van der Waals surface area contributed by atoms with Crippen LogP contribution < -0.4 is 16.6 Å². The van der Waals surface area contributed by atoms with Crippen LogP contribution >= 0.6 is 11.6 Å². The highest BCUT2D eigenvalue weighted by Crippen LogP contribution is 2.14. The fourth-order valence-corrected chi connectivity index (χ4v) is 2.10. The molecule has 0 aliphatic rings. The predicted molar refractivity (Wildman–Crippen MR) is 79.4 cm³/mol. The molecule has 0 atom stereocenters. The number of carbonyl (C=O) groups excluding carboxylic acids is 1. The summed E-state index contributed by atoms with van der Waals surface area (Å²) < 4.78 is 0. The molecule has 1 aromatic carbocycles. The number of aryl methyl sites for hydroxylation is 1. The first-order valence-corrected chi connectivity index (χ1v) is 6.67. The second kappa shape index (κ2) is 6.41. The van der Waals surface area contributed by atoms with Crippen molar-refractivity contribution in [1.29, 1.82) is 0 Å². The van der Waals surface area contributed by atoms with Gasteiger partial charge in [0.25, 0.3) is 5.56 Å². The number of hydrogen-bond acceptors (Lipinski definition) is 3. The van der Waals surface area contributed by atoms with E-state index in [1.165, 1.54) is 0 Å². The summed E-state index contributed by atoms with van der Waals surface area (Å²) in [4.78, 5) is 39.2. The number of hydrogen-bond donors (Lipinski definition) is 3. The van der Waals surface area contributed by atoms with Crippen LogP contribution in [-0.4, -0.2) is 15.9 Å². The van der Waals surface area contributed by atoms with Crippen molar-refractivity contribution in [3.05, 3.63) is 66.9 Å². The first-order valence-electron chi connectivity index (χ1n) is 6.29. The van der Waals surface area contributed by atoms with E-state index in [-0.39, 0.29) is 24.4 Å². The summed E-state index contributed by atoms with van der Waals surface area (Å²) in [5, 5.41) is 3.25. The molecule has 0 saturated carbocycles. The van der Waals surface area contributed by atoms with Gasteiger partial charge in [-0.15, -0.1) is 0 Å². The molecule has 1 heterocycles. The number of benzene rings is 1. The van der Waals surface area contributed by atoms with E-state index in [2.05, 4.69) is 15.3 Å². The van der Waals surface area contributed by atoms with E-state index >= 15 is 0 Å². The lowest BCUT2D eigenvalue weighted by Gasteiger charge is -2.07. The van der Waals surface area contributed by atoms with Crippen LogP contribution in [0.4, 0.5) is 0 Å². The van der Waals surface area contributed by atoms with Crippen molar-refractivity contribution in [3.63, 3.8) is 0 Å². The number of rotatable bonds is 4. The van der Waals surface area contributed by atoms with Crippen LogP contribution in [-0.2, 0) is 17.8 Å². The lowest BCUT2D eigenvalue weighted by molar-refractivity contribution is -0.120. The van der Waals surface area contributed by atoms with E-state index in [9.17, 15) is 14.4 Å². The van der Waals surface area contributed by atoms with Gasteiger partial charge in [-0.05, 0) is 18.6 Å². The third kappa shape index (κ3) is 3.82. The van der Waals surface area contributed by atoms with Crippen molar-refractivity contribution in [3.8, 4) is 0 Å². The van der Waals surface area contributed by atoms with Crippen LogP contribution in [0.25, 0.3) is 0 Å². The number of aromatic amines is 2. The molecule has 0 aliphatic heterocycles. The summed E-state index contributed by atoms with van der Waals surface area (Å²) in [6.07, 6.45) is -0.109. The van der Waals surface area contributed by atoms with E-state index in [1.54, 1.807) is 25.1 Å². The zero-order valence-electron chi connectivity index (χ0n) is 11.3. The molecule has 3 N–H and O–H groups in total. The fourth-order valence-electron chi connectivity index (χ4n) is 1.90. The molecule has 2 aromatic rings. The Bertz CT molecular complexity index is 780. The zero-order valence-corrected chi connectivity index (χ0v) is 12.1. The number of carbonyl (C=O) groups is 1. The van der Waals surface area contributed by atoms with Crippen LogP contribution in [0.1, 0.15) is 16.8 Å². The van der Waals surface area contributed by atoms with Crippen LogP contribution in [0.15, 0.2) is 33.9 Å². The van der Waals surface area contributed by atoms with Crippen LogP contribution in [0.3, 0.4) is 0 Å². The van der Waals surface area contributed by atoms with Crippen LogP contribution in [0.2, 0.25) is 5.02 Å². The van der Waals surface area contributed by atoms with E-state index in [4.69, 9.17) is 11.6 Å².